The maximum absolute atomic E-state index is 10.9. The molecule has 0 spiro atoms. The molecule has 0 saturated heterocycles. The van der Waals surface area contributed by atoms with E-state index in [1.165, 1.54) is 6.92 Å². The molecule has 0 aliphatic carbocycles. The second kappa shape index (κ2) is 5.87. The molecule has 0 rings (SSSR count). The monoisotopic (exact) mass is 221 g/mol. The van der Waals surface area contributed by atoms with Crippen molar-refractivity contribution >= 4 is 24.5 Å². The van der Waals surface area contributed by atoms with Gasteiger partial charge < -0.3 is 15.5 Å². The molecule has 1 atom stereocenters. The molecule has 14 heavy (non-hydrogen) atoms. The SMILES string of the molecule is CC(=O)N[C@](CS)(CCCO)C(=O)O. The fourth-order valence-electron chi connectivity index (χ4n) is 1.13. The lowest BCUT2D eigenvalue weighted by Gasteiger charge is -2.28. The second-order valence-electron chi connectivity index (χ2n) is 3.05. The molecule has 0 aromatic carbocycles. The maximum Gasteiger partial charge on any atom is 0.330 e. The molecule has 0 heterocycles. The highest BCUT2D eigenvalue weighted by atomic mass is 32.1. The molecule has 5 nitrogen and oxygen atoms in total. The van der Waals surface area contributed by atoms with Gasteiger partial charge >= 0.3 is 5.97 Å². The third-order valence-electron chi connectivity index (χ3n) is 1.86. The van der Waals surface area contributed by atoms with E-state index in [-0.39, 0.29) is 18.8 Å². The summed E-state index contributed by atoms with van der Waals surface area (Å²) < 4.78 is 0. The third-order valence-corrected chi connectivity index (χ3v) is 2.40. The number of rotatable bonds is 6. The summed E-state index contributed by atoms with van der Waals surface area (Å²) in [6.45, 7) is 1.14. The van der Waals surface area contributed by atoms with Gasteiger partial charge in [-0.2, -0.15) is 12.6 Å². The average Bonchev–Trinajstić information content (AvgIpc) is 2.11. The van der Waals surface area contributed by atoms with Gasteiger partial charge in [0, 0.05) is 19.3 Å². The molecular formula is C8H15NO4S. The number of carboxylic acids is 1. The molecule has 0 radical (unpaired) electrons. The van der Waals surface area contributed by atoms with Crippen molar-refractivity contribution in [3.63, 3.8) is 0 Å². The number of carboxylic acid groups (broad SMARTS) is 1. The van der Waals surface area contributed by atoms with Crippen LogP contribution in [0.5, 0.6) is 0 Å². The average molecular weight is 221 g/mol. The fourth-order valence-corrected chi connectivity index (χ4v) is 1.50. The molecule has 0 unspecified atom stereocenters. The number of carbonyl (C=O) groups excluding carboxylic acids is 1. The zero-order chi connectivity index (χ0) is 11.2. The van der Waals surface area contributed by atoms with Crippen LogP contribution < -0.4 is 5.32 Å². The molecule has 6 heteroatoms. The molecule has 0 fully saturated rings. The van der Waals surface area contributed by atoms with Crippen molar-refractivity contribution in [2.45, 2.75) is 25.3 Å². The number of nitrogens with one attached hydrogen (secondary N) is 1. The molecule has 0 aliphatic rings. The summed E-state index contributed by atoms with van der Waals surface area (Å²) >= 11 is 3.91. The first-order valence-electron chi connectivity index (χ1n) is 4.22. The van der Waals surface area contributed by atoms with Crippen molar-refractivity contribution < 1.29 is 19.8 Å². The van der Waals surface area contributed by atoms with Crippen molar-refractivity contribution in [3.05, 3.63) is 0 Å². The van der Waals surface area contributed by atoms with E-state index in [0.29, 0.717) is 6.42 Å². The number of thiol groups is 1. The Morgan fingerprint density at radius 2 is 2.07 bits per heavy atom. The number of carbonyl (C=O) groups is 2. The van der Waals surface area contributed by atoms with Crippen molar-refractivity contribution in [3.8, 4) is 0 Å². The van der Waals surface area contributed by atoms with Crippen LogP contribution >= 0.6 is 12.6 Å². The molecule has 0 aromatic heterocycles. The van der Waals surface area contributed by atoms with Gasteiger partial charge in [0.15, 0.2) is 0 Å². The van der Waals surface area contributed by atoms with Crippen LogP contribution in [0.2, 0.25) is 0 Å². The van der Waals surface area contributed by atoms with Gasteiger partial charge in [-0.3, -0.25) is 4.79 Å². The summed E-state index contributed by atoms with van der Waals surface area (Å²) in [7, 11) is 0. The van der Waals surface area contributed by atoms with E-state index in [1.807, 2.05) is 0 Å². The van der Waals surface area contributed by atoms with Crippen LogP contribution in [0.4, 0.5) is 0 Å². The molecule has 0 aromatic rings. The normalized spacial score (nSPS) is 14.5. The summed E-state index contributed by atoms with van der Waals surface area (Å²) in [5.41, 5.74) is -1.36. The van der Waals surface area contributed by atoms with Crippen LogP contribution in [0.25, 0.3) is 0 Å². The fraction of sp³-hybridized carbons (Fsp3) is 0.750. The van der Waals surface area contributed by atoms with Crippen molar-refractivity contribution in [1.82, 2.24) is 5.32 Å². The van der Waals surface area contributed by atoms with Gasteiger partial charge in [-0.15, -0.1) is 0 Å². The molecule has 1 amide bonds. The van der Waals surface area contributed by atoms with Crippen molar-refractivity contribution in [2.24, 2.45) is 0 Å². The van der Waals surface area contributed by atoms with Gasteiger partial charge in [0.1, 0.15) is 5.54 Å². The maximum atomic E-state index is 10.9. The van der Waals surface area contributed by atoms with Gasteiger partial charge in [0.25, 0.3) is 0 Å². The highest BCUT2D eigenvalue weighted by molar-refractivity contribution is 7.80. The predicted molar refractivity (Wildman–Crippen MR) is 54.4 cm³/mol. The van der Waals surface area contributed by atoms with Gasteiger partial charge in [0.05, 0.1) is 0 Å². The first-order valence-corrected chi connectivity index (χ1v) is 4.85. The minimum absolute atomic E-state index is 0.00190. The van der Waals surface area contributed by atoms with Gasteiger partial charge in [0.2, 0.25) is 5.91 Å². The molecule has 0 aliphatic heterocycles. The van der Waals surface area contributed by atoms with Gasteiger partial charge in [-0.1, -0.05) is 0 Å². The van der Waals surface area contributed by atoms with E-state index in [2.05, 4.69) is 17.9 Å². The molecule has 3 N–H and O–H groups in total. The summed E-state index contributed by atoms with van der Waals surface area (Å²) in [5, 5.41) is 19.9. The van der Waals surface area contributed by atoms with E-state index >= 15 is 0 Å². The van der Waals surface area contributed by atoms with Crippen LogP contribution in [-0.2, 0) is 9.59 Å². The number of amides is 1. The van der Waals surface area contributed by atoms with Crippen LogP contribution in [0.3, 0.4) is 0 Å². The van der Waals surface area contributed by atoms with Crippen molar-refractivity contribution in [1.29, 1.82) is 0 Å². The van der Waals surface area contributed by atoms with Crippen LogP contribution in [-0.4, -0.2) is 40.0 Å². The molecule has 82 valence electrons. The zero-order valence-electron chi connectivity index (χ0n) is 7.99. The highest BCUT2D eigenvalue weighted by Gasteiger charge is 2.37. The smallest absolute Gasteiger partial charge is 0.330 e. The summed E-state index contributed by atoms with van der Waals surface area (Å²) in [5.74, 6) is -1.54. The lowest BCUT2D eigenvalue weighted by Crippen LogP contribution is -2.55. The first kappa shape index (κ1) is 13.2. The van der Waals surface area contributed by atoms with Crippen LogP contribution in [0.15, 0.2) is 0 Å². The Kier molecular flexibility index (Phi) is 5.56. The standard InChI is InChI=1S/C8H15NO4S/c1-6(11)9-8(5-14,7(12)13)3-2-4-10/h10,14H,2-5H2,1H3,(H,9,11)(H,12,13)/t8-/m0/s1. The van der Waals surface area contributed by atoms with E-state index in [9.17, 15) is 9.59 Å². The Labute approximate surface area is 87.9 Å². The van der Waals surface area contributed by atoms with Crippen LogP contribution in [0, 0.1) is 0 Å². The Balaban J connectivity index is 4.60. The highest BCUT2D eigenvalue weighted by Crippen LogP contribution is 2.15. The zero-order valence-corrected chi connectivity index (χ0v) is 8.88. The van der Waals surface area contributed by atoms with E-state index < -0.39 is 17.4 Å². The Hall–Kier alpha value is -0.750. The number of hydrogen-bond acceptors (Lipinski definition) is 4. The first-order chi connectivity index (χ1) is 6.48. The van der Waals surface area contributed by atoms with Crippen LogP contribution in [0.1, 0.15) is 19.8 Å². The number of aliphatic hydroxyl groups excluding tert-OH is 1. The largest absolute Gasteiger partial charge is 0.479 e. The predicted octanol–water partition coefficient (Wildman–Crippen LogP) is -0.352. The van der Waals surface area contributed by atoms with E-state index in [1.54, 1.807) is 0 Å². The Morgan fingerprint density at radius 1 is 1.50 bits per heavy atom. The number of aliphatic hydroxyl groups is 1. The number of hydrogen-bond donors (Lipinski definition) is 4. The topological polar surface area (TPSA) is 86.6 Å². The molecule has 0 saturated carbocycles. The number of aliphatic carboxylic acids is 1. The lowest BCUT2D eigenvalue weighted by atomic mass is 9.95. The minimum atomic E-state index is -1.36. The molecule has 0 bridgehead atoms. The minimum Gasteiger partial charge on any atom is -0.479 e. The second-order valence-corrected chi connectivity index (χ2v) is 3.37. The quantitative estimate of drug-likeness (QED) is 0.462. The summed E-state index contributed by atoms with van der Waals surface area (Å²) in [6.07, 6.45) is 0.481. The summed E-state index contributed by atoms with van der Waals surface area (Å²) in [4.78, 5) is 21.8. The van der Waals surface area contributed by atoms with E-state index in [4.69, 9.17) is 10.2 Å². The molecular weight excluding hydrogens is 206 g/mol. The Bertz CT molecular complexity index is 221. The lowest BCUT2D eigenvalue weighted by molar-refractivity contribution is -0.146. The van der Waals surface area contributed by atoms with E-state index in [0.717, 1.165) is 0 Å². The Morgan fingerprint density at radius 3 is 2.36 bits per heavy atom. The summed E-state index contributed by atoms with van der Waals surface area (Å²) in [6, 6.07) is 0. The van der Waals surface area contributed by atoms with Gasteiger partial charge in [-0.25, -0.2) is 4.79 Å². The third kappa shape index (κ3) is 3.55. The van der Waals surface area contributed by atoms with Gasteiger partial charge in [-0.05, 0) is 12.8 Å². The van der Waals surface area contributed by atoms with Crippen molar-refractivity contribution in [2.75, 3.05) is 12.4 Å².